The standard InChI is InChI=1S/C15H13Cl2F5N4OS/c1-13(18,19)28-11-12(24)26(25-14(11,5-23)6-27-2)10-8(16)3-7(4-9(10)17)15(20,21)22/h3-4,25H,6,24H2,1-2H3. The van der Waals surface area contributed by atoms with Gasteiger partial charge in [0.05, 0.1) is 38.9 Å². The Morgan fingerprint density at radius 3 is 2.21 bits per heavy atom. The molecule has 1 heterocycles. The largest absolute Gasteiger partial charge is 0.416 e. The number of nitrogens with two attached hydrogens (primary N) is 1. The van der Waals surface area contributed by atoms with Gasteiger partial charge in [-0.05, 0) is 23.9 Å². The summed E-state index contributed by atoms with van der Waals surface area (Å²) in [7, 11) is 1.24. The van der Waals surface area contributed by atoms with E-state index >= 15 is 0 Å². The highest BCUT2D eigenvalue weighted by Gasteiger charge is 2.49. The summed E-state index contributed by atoms with van der Waals surface area (Å²) in [4.78, 5) is -0.281. The number of rotatable bonds is 5. The zero-order valence-corrected chi connectivity index (χ0v) is 16.6. The fourth-order valence-electron chi connectivity index (χ4n) is 2.48. The Bertz CT molecular complexity index is 829. The van der Waals surface area contributed by atoms with Crippen LogP contribution in [0.3, 0.4) is 0 Å². The van der Waals surface area contributed by atoms with Crippen molar-refractivity contribution in [2.45, 2.75) is 23.9 Å². The molecule has 13 heteroatoms. The summed E-state index contributed by atoms with van der Waals surface area (Å²) in [5.41, 5.74) is 5.38. The van der Waals surface area contributed by atoms with Crippen LogP contribution in [-0.2, 0) is 10.9 Å². The van der Waals surface area contributed by atoms with Gasteiger partial charge in [0.25, 0.3) is 5.25 Å². The molecule has 1 unspecified atom stereocenters. The Morgan fingerprint density at radius 1 is 1.29 bits per heavy atom. The minimum absolute atomic E-state index is 0.00994. The molecule has 0 amide bonds. The summed E-state index contributed by atoms with van der Waals surface area (Å²) in [6.07, 6.45) is -4.70. The van der Waals surface area contributed by atoms with E-state index in [-0.39, 0.29) is 34.8 Å². The lowest BCUT2D eigenvalue weighted by atomic mass is 10.0. The second-order valence-electron chi connectivity index (χ2n) is 5.81. The smallest absolute Gasteiger partial charge is 0.383 e. The number of halogens is 7. The molecule has 0 spiro atoms. The summed E-state index contributed by atoms with van der Waals surface area (Å²) in [5, 5.41) is 6.30. The number of benzene rings is 1. The van der Waals surface area contributed by atoms with Crippen LogP contribution in [0.2, 0.25) is 10.0 Å². The second-order valence-corrected chi connectivity index (χ2v) is 7.95. The van der Waals surface area contributed by atoms with E-state index in [1.54, 1.807) is 0 Å². The van der Waals surface area contributed by atoms with Crippen molar-refractivity contribution in [1.29, 1.82) is 5.26 Å². The van der Waals surface area contributed by atoms with E-state index < -0.39 is 32.6 Å². The number of nitrogens with zero attached hydrogens (tertiary/aromatic N) is 2. The molecule has 0 saturated carbocycles. The Balaban J connectivity index is 2.63. The van der Waals surface area contributed by atoms with Crippen LogP contribution in [0.5, 0.6) is 0 Å². The average Bonchev–Trinajstić information content (AvgIpc) is 2.79. The molecule has 1 aromatic carbocycles. The quantitative estimate of drug-likeness (QED) is 0.616. The molecule has 3 N–H and O–H groups in total. The first kappa shape index (κ1) is 22.8. The van der Waals surface area contributed by atoms with Gasteiger partial charge in [-0.1, -0.05) is 23.2 Å². The fourth-order valence-corrected chi connectivity index (χ4v) is 4.02. The molecule has 0 aromatic heterocycles. The van der Waals surface area contributed by atoms with E-state index in [2.05, 4.69) is 5.43 Å². The van der Waals surface area contributed by atoms with Gasteiger partial charge in [0.2, 0.25) is 0 Å². The molecule has 0 aliphatic carbocycles. The van der Waals surface area contributed by atoms with Gasteiger partial charge >= 0.3 is 6.18 Å². The van der Waals surface area contributed by atoms with Gasteiger partial charge in [0.1, 0.15) is 5.82 Å². The Kier molecular flexibility index (Phi) is 6.33. The van der Waals surface area contributed by atoms with E-state index in [4.69, 9.17) is 33.7 Å². The van der Waals surface area contributed by atoms with Gasteiger partial charge < -0.3 is 10.5 Å². The highest BCUT2D eigenvalue weighted by molar-refractivity contribution is 8.04. The number of anilines is 1. The van der Waals surface area contributed by atoms with Crippen molar-refractivity contribution < 1.29 is 26.7 Å². The lowest BCUT2D eigenvalue weighted by Crippen LogP contribution is -2.51. The van der Waals surface area contributed by atoms with Crippen molar-refractivity contribution in [3.05, 3.63) is 38.5 Å². The number of methoxy groups -OCH3 is 1. The van der Waals surface area contributed by atoms with Crippen molar-refractivity contribution in [1.82, 2.24) is 5.43 Å². The molecule has 1 aromatic rings. The minimum Gasteiger partial charge on any atom is -0.383 e. The maximum atomic E-state index is 13.6. The predicted octanol–water partition coefficient (Wildman–Crippen LogP) is 4.72. The van der Waals surface area contributed by atoms with E-state index in [0.29, 0.717) is 19.1 Å². The van der Waals surface area contributed by atoms with Gasteiger partial charge in [0.15, 0.2) is 5.54 Å². The molecule has 1 aliphatic rings. The average molecular weight is 463 g/mol. The molecule has 5 nitrogen and oxygen atoms in total. The van der Waals surface area contributed by atoms with Gasteiger partial charge in [-0.3, -0.25) is 5.01 Å². The normalized spacial score (nSPS) is 20.6. The number of alkyl halides is 5. The van der Waals surface area contributed by atoms with E-state index in [1.165, 1.54) is 7.11 Å². The number of hydrogen-bond acceptors (Lipinski definition) is 6. The third-order valence-electron chi connectivity index (χ3n) is 3.56. The van der Waals surface area contributed by atoms with Crippen LogP contribution in [0.15, 0.2) is 22.9 Å². The molecule has 0 radical (unpaired) electrons. The SMILES string of the molecule is COCC1(C#N)NN(c2c(Cl)cc(C(F)(F)F)cc2Cl)C(N)=C1SC(C)(F)F. The molecule has 1 aliphatic heterocycles. The van der Waals surface area contributed by atoms with Crippen molar-refractivity contribution in [3.63, 3.8) is 0 Å². The van der Waals surface area contributed by atoms with Crippen LogP contribution in [-0.4, -0.2) is 24.5 Å². The van der Waals surface area contributed by atoms with Crippen molar-refractivity contribution >= 4 is 40.7 Å². The van der Waals surface area contributed by atoms with Gasteiger partial charge in [0, 0.05) is 14.0 Å². The summed E-state index contributed by atoms with van der Waals surface area (Å²) in [6, 6.07) is 3.05. The first-order valence-corrected chi connectivity index (χ1v) is 8.94. The molecule has 1 atom stereocenters. The highest BCUT2D eigenvalue weighted by atomic mass is 35.5. The minimum atomic E-state index is -4.70. The third-order valence-corrected chi connectivity index (χ3v) is 5.26. The Morgan fingerprint density at radius 2 is 1.82 bits per heavy atom. The maximum Gasteiger partial charge on any atom is 0.416 e. The van der Waals surface area contributed by atoms with E-state index in [0.717, 1.165) is 5.01 Å². The van der Waals surface area contributed by atoms with Crippen molar-refractivity contribution in [2.24, 2.45) is 5.73 Å². The first-order chi connectivity index (χ1) is 12.8. The van der Waals surface area contributed by atoms with Gasteiger partial charge in [-0.2, -0.15) is 27.2 Å². The Labute approximate surface area is 171 Å². The van der Waals surface area contributed by atoms with E-state index in [1.807, 2.05) is 6.07 Å². The molecule has 0 saturated heterocycles. The summed E-state index contributed by atoms with van der Waals surface area (Å²) >= 11 is 11.9. The number of ether oxygens (including phenoxy) is 1. The molecule has 0 fully saturated rings. The van der Waals surface area contributed by atoms with Crippen LogP contribution < -0.4 is 16.2 Å². The van der Waals surface area contributed by atoms with Gasteiger partial charge in [-0.15, -0.1) is 0 Å². The van der Waals surface area contributed by atoms with Crippen LogP contribution in [0, 0.1) is 11.3 Å². The summed E-state index contributed by atoms with van der Waals surface area (Å²) in [5.74, 6) is -0.367. The number of hydrazine groups is 1. The number of nitrogens with one attached hydrogen (secondary N) is 1. The van der Waals surface area contributed by atoms with E-state index in [9.17, 15) is 27.2 Å². The predicted molar refractivity (Wildman–Crippen MR) is 96.7 cm³/mol. The van der Waals surface area contributed by atoms with Gasteiger partial charge in [-0.25, -0.2) is 5.43 Å². The van der Waals surface area contributed by atoms with Crippen LogP contribution in [0.4, 0.5) is 27.6 Å². The maximum absolute atomic E-state index is 13.6. The van der Waals surface area contributed by atoms with Crippen molar-refractivity contribution in [3.8, 4) is 6.07 Å². The lowest BCUT2D eigenvalue weighted by Gasteiger charge is -2.28. The topological polar surface area (TPSA) is 74.3 Å². The number of hydrogen-bond donors (Lipinski definition) is 2. The lowest BCUT2D eigenvalue weighted by molar-refractivity contribution is -0.137. The monoisotopic (exact) mass is 462 g/mol. The fraction of sp³-hybridized carbons (Fsp3) is 0.400. The highest BCUT2D eigenvalue weighted by Crippen LogP contribution is 2.48. The molecule has 2 rings (SSSR count). The Hall–Kier alpha value is -1.45. The third kappa shape index (κ3) is 4.41. The second kappa shape index (κ2) is 7.76. The zero-order valence-electron chi connectivity index (χ0n) is 14.3. The van der Waals surface area contributed by atoms with Crippen molar-refractivity contribution in [2.75, 3.05) is 18.7 Å². The molecular weight excluding hydrogens is 450 g/mol. The summed E-state index contributed by atoms with van der Waals surface area (Å²) in [6.45, 7) is 0.225. The zero-order chi connectivity index (χ0) is 21.5. The molecule has 0 bridgehead atoms. The van der Waals surface area contributed by atoms with Crippen LogP contribution in [0.25, 0.3) is 0 Å². The summed E-state index contributed by atoms with van der Waals surface area (Å²) < 4.78 is 71.0. The number of thioether (sulfide) groups is 1. The molecule has 28 heavy (non-hydrogen) atoms. The molecular formula is C15H13Cl2F5N4OS. The van der Waals surface area contributed by atoms with Crippen LogP contribution >= 0.6 is 35.0 Å². The molecule has 154 valence electrons. The van der Waals surface area contributed by atoms with Crippen LogP contribution in [0.1, 0.15) is 12.5 Å². The first-order valence-electron chi connectivity index (χ1n) is 7.37. The number of nitriles is 1.